The van der Waals surface area contributed by atoms with Gasteiger partial charge in [-0.3, -0.25) is 9.79 Å². The van der Waals surface area contributed by atoms with Gasteiger partial charge in [-0.25, -0.2) is 0 Å². The molecule has 0 bridgehead atoms. The molecule has 1 unspecified atom stereocenters. The van der Waals surface area contributed by atoms with E-state index in [1.165, 1.54) is 19.3 Å². The van der Waals surface area contributed by atoms with Crippen LogP contribution in [-0.4, -0.2) is 74.0 Å². The van der Waals surface area contributed by atoms with Crippen molar-refractivity contribution in [2.75, 3.05) is 40.3 Å². The molecule has 2 fully saturated rings. The lowest BCUT2D eigenvalue weighted by Crippen LogP contribution is -2.47. The van der Waals surface area contributed by atoms with Crippen LogP contribution in [0.3, 0.4) is 0 Å². The molecule has 1 aliphatic carbocycles. The molecule has 0 radical (unpaired) electrons. The summed E-state index contributed by atoms with van der Waals surface area (Å²) in [4.78, 5) is 21.4. The van der Waals surface area contributed by atoms with E-state index in [0.29, 0.717) is 18.0 Å². The minimum Gasteiger partial charge on any atom is -0.355 e. The second-order valence-electron chi connectivity index (χ2n) is 7.82. The molecule has 2 aliphatic rings. The molecule has 1 aliphatic heterocycles. The Kier molecular flexibility index (Phi) is 8.00. The maximum absolute atomic E-state index is 12.7. The summed E-state index contributed by atoms with van der Waals surface area (Å²) in [6, 6.07) is 0.854. The van der Waals surface area contributed by atoms with Gasteiger partial charge in [-0.15, -0.1) is 0 Å². The molecule has 0 spiro atoms. The highest BCUT2D eigenvalue weighted by atomic mass is 16.2. The number of likely N-dealkylation sites (tertiary alicyclic amines) is 1. The Morgan fingerprint density at radius 1 is 1.24 bits per heavy atom. The number of nitrogens with one attached hydrogen (secondary N) is 2. The Balaban J connectivity index is 1.72. The summed E-state index contributed by atoms with van der Waals surface area (Å²) in [5.41, 5.74) is 0. The predicted molar refractivity (Wildman–Crippen MR) is 104 cm³/mol. The van der Waals surface area contributed by atoms with E-state index >= 15 is 0 Å². The number of aliphatic imine (C=N–C) groups is 1. The van der Waals surface area contributed by atoms with Crippen molar-refractivity contribution in [1.82, 2.24) is 20.4 Å². The molecule has 6 heteroatoms. The van der Waals surface area contributed by atoms with Crippen molar-refractivity contribution in [2.45, 2.75) is 64.5 Å². The van der Waals surface area contributed by atoms with Crippen LogP contribution in [0.2, 0.25) is 0 Å². The lowest BCUT2D eigenvalue weighted by atomic mass is 9.88. The quantitative estimate of drug-likeness (QED) is 0.565. The minimum atomic E-state index is 0.275. The second kappa shape index (κ2) is 10.00. The van der Waals surface area contributed by atoms with Crippen molar-refractivity contribution in [3.8, 4) is 0 Å². The first-order valence-electron chi connectivity index (χ1n) is 9.97. The van der Waals surface area contributed by atoms with E-state index in [-0.39, 0.29) is 5.92 Å². The van der Waals surface area contributed by atoms with Gasteiger partial charge in [-0.2, -0.15) is 0 Å². The molecule has 6 nitrogen and oxygen atoms in total. The first-order chi connectivity index (χ1) is 12.0. The third kappa shape index (κ3) is 6.17. The van der Waals surface area contributed by atoms with Crippen LogP contribution in [0.4, 0.5) is 0 Å². The Labute approximate surface area is 153 Å². The van der Waals surface area contributed by atoms with Gasteiger partial charge in [0.05, 0.1) is 0 Å². The van der Waals surface area contributed by atoms with Gasteiger partial charge in [0.15, 0.2) is 5.96 Å². The highest BCUT2D eigenvalue weighted by Crippen LogP contribution is 2.26. The Hall–Kier alpha value is -1.30. The highest BCUT2D eigenvalue weighted by Gasteiger charge is 2.31. The fourth-order valence-electron chi connectivity index (χ4n) is 3.68. The number of nitrogens with zero attached hydrogens (tertiary/aromatic N) is 3. The van der Waals surface area contributed by atoms with E-state index in [9.17, 15) is 4.79 Å². The second-order valence-corrected chi connectivity index (χ2v) is 7.82. The Morgan fingerprint density at radius 3 is 2.60 bits per heavy atom. The molecule has 144 valence electrons. The van der Waals surface area contributed by atoms with Crippen LogP contribution in [0.15, 0.2) is 4.99 Å². The predicted octanol–water partition coefficient (Wildman–Crippen LogP) is 1.67. The summed E-state index contributed by atoms with van der Waals surface area (Å²) in [7, 11) is 3.94. The zero-order valence-corrected chi connectivity index (χ0v) is 16.6. The van der Waals surface area contributed by atoms with E-state index in [2.05, 4.69) is 46.3 Å². The van der Waals surface area contributed by atoms with Crippen LogP contribution in [0.25, 0.3) is 0 Å². The number of hydrogen-bond acceptors (Lipinski definition) is 3. The third-order valence-corrected chi connectivity index (χ3v) is 5.66. The molecule has 25 heavy (non-hydrogen) atoms. The van der Waals surface area contributed by atoms with E-state index in [0.717, 1.165) is 51.4 Å². The van der Waals surface area contributed by atoms with E-state index in [1.807, 2.05) is 0 Å². The number of hydrogen-bond donors (Lipinski definition) is 2. The molecule has 0 aromatic carbocycles. The largest absolute Gasteiger partial charge is 0.355 e. The maximum atomic E-state index is 12.7. The Morgan fingerprint density at radius 2 is 1.96 bits per heavy atom. The van der Waals surface area contributed by atoms with Crippen molar-refractivity contribution >= 4 is 11.9 Å². The fourth-order valence-corrected chi connectivity index (χ4v) is 3.68. The van der Waals surface area contributed by atoms with Crippen molar-refractivity contribution in [3.63, 3.8) is 0 Å². The van der Waals surface area contributed by atoms with Crippen molar-refractivity contribution in [3.05, 3.63) is 0 Å². The number of likely N-dealkylation sites (N-methyl/N-ethyl adjacent to an activating group) is 1. The number of amides is 1. The average molecular weight is 352 g/mol. The summed E-state index contributed by atoms with van der Waals surface area (Å²) in [5.74, 6) is 1.50. The highest BCUT2D eigenvalue weighted by molar-refractivity contribution is 5.81. The molecule has 1 saturated carbocycles. The molecular weight excluding hydrogens is 314 g/mol. The zero-order chi connectivity index (χ0) is 18.2. The summed E-state index contributed by atoms with van der Waals surface area (Å²) >= 11 is 0. The van der Waals surface area contributed by atoms with E-state index in [1.54, 1.807) is 7.05 Å². The van der Waals surface area contributed by atoms with Gasteiger partial charge >= 0.3 is 0 Å². The lowest BCUT2D eigenvalue weighted by molar-refractivity contribution is -0.135. The first kappa shape index (κ1) is 20.0. The summed E-state index contributed by atoms with van der Waals surface area (Å²) in [5, 5.41) is 6.87. The molecule has 0 aromatic heterocycles. The molecule has 1 saturated heterocycles. The summed E-state index contributed by atoms with van der Waals surface area (Å²) in [6.07, 6.45) is 6.90. The van der Waals surface area contributed by atoms with Crippen LogP contribution in [0.1, 0.15) is 52.4 Å². The molecule has 2 N–H and O–H groups in total. The van der Waals surface area contributed by atoms with E-state index in [4.69, 9.17) is 0 Å². The molecule has 1 amide bonds. The Bertz CT molecular complexity index is 445. The van der Waals surface area contributed by atoms with Crippen molar-refractivity contribution in [2.24, 2.45) is 10.9 Å². The van der Waals surface area contributed by atoms with Crippen LogP contribution < -0.4 is 10.6 Å². The molecule has 1 heterocycles. The van der Waals surface area contributed by atoms with Gasteiger partial charge in [0, 0.05) is 51.2 Å². The topological polar surface area (TPSA) is 60.0 Å². The van der Waals surface area contributed by atoms with Crippen LogP contribution in [0, 0.1) is 5.92 Å². The normalized spacial score (nSPS) is 22.7. The number of rotatable bonds is 6. The minimum absolute atomic E-state index is 0.275. The monoisotopic (exact) mass is 351 g/mol. The van der Waals surface area contributed by atoms with Gasteiger partial charge in [0.25, 0.3) is 0 Å². The van der Waals surface area contributed by atoms with Gasteiger partial charge in [-0.1, -0.05) is 19.3 Å². The van der Waals surface area contributed by atoms with Crippen LogP contribution >= 0.6 is 0 Å². The molecule has 1 atom stereocenters. The number of guanidine groups is 1. The van der Waals surface area contributed by atoms with Gasteiger partial charge < -0.3 is 20.4 Å². The van der Waals surface area contributed by atoms with Gasteiger partial charge in [0.1, 0.15) is 0 Å². The number of carbonyl (C=O) groups excluding carboxylic acids is 1. The standard InChI is InChI=1S/C19H37N5O/c1-15(2)23(4)13-11-21-19(20-3)22-17-10-12-24(14-17)18(25)16-8-6-5-7-9-16/h15-17H,5-14H2,1-4H3,(H2,20,21,22). The zero-order valence-electron chi connectivity index (χ0n) is 16.6. The number of carbonyl (C=O) groups is 1. The van der Waals surface area contributed by atoms with Crippen molar-refractivity contribution < 1.29 is 4.79 Å². The first-order valence-corrected chi connectivity index (χ1v) is 9.97. The summed E-state index contributed by atoms with van der Waals surface area (Å²) < 4.78 is 0. The molecular formula is C19H37N5O. The smallest absolute Gasteiger partial charge is 0.225 e. The van der Waals surface area contributed by atoms with Crippen LogP contribution in [-0.2, 0) is 4.79 Å². The molecule has 2 rings (SSSR count). The fraction of sp³-hybridized carbons (Fsp3) is 0.895. The van der Waals surface area contributed by atoms with Crippen LogP contribution in [0.5, 0.6) is 0 Å². The molecule has 0 aromatic rings. The summed E-state index contributed by atoms with van der Waals surface area (Å²) in [6.45, 7) is 7.93. The SMILES string of the molecule is CN=C(NCCN(C)C(C)C)NC1CCN(C(=O)C2CCCCC2)C1. The lowest BCUT2D eigenvalue weighted by Gasteiger charge is -2.26. The maximum Gasteiger partial charge on any atom is 0.225 e. The van der Waals surface area contributed by atoms with Gasteiger partial charge in [0.2, 0.25) is 5.91 Å². The van der Waals surface area contributed by atoms with Crippen molar-refractivity contribution in [1.29, 1.82) is 0 Å². The van der Waals surface area contributed by atoms with E-state index < -0.39 is 0 Å². The average Bonchev–Trinajstić information content (AvgIpc) is 3.09. The van der Waals surface area contributed by atoms with Gasteiger partial charge in [-0.05, 0) is 40.2 Å². The third-order valence-electron chi connectivity index (χ3n) is 5.66.